The lowest BCUT2D eigenvalue weighted by atomic mass is 10.1. The fraction of sp³-hybridized carbons (Fsp3) is 0.0667. The molecule has 0 aliphatic carbocycles. The summed E-state index contributed by atoms with van der Waals surface area (Å²) >= 11 is 0. The average Bonchev–Trinajstić information content (AvgIpc) is 2.38. The lowest BCUT2D eigenvalue weighted by Crippen LogP contribution is -2.02. The quantitative estimate of drug-likeness (QED) is 0.629. The topological polar surface area (TPSA) is 74.6 Å². The van der Waals surface area contributed by atoms with E-state index in [2.05, 4.69) is 0 Å². The van der Waals surface area contributed by atoms with Crippen LogP contribution in [-0.4, -0.2) is 22.2 Å². The molecule has 4 nitrogen and oxygen atoms in total. The number of aliphatic carboxylic acids is 2. The Morgan fingerprint density at radius 3 is 2.21 bits per heavy atom. The molecule has 1 aromatic carbocycles. The minimum absolute atomic E-state index is 0.0261. The van der Waals surface area contributed by atoms with Gasteiger partial charge in [-0.25, -0.2) is 9.59 Å². The van der Waals surface area contributed by atoms with Gasteiger partial charge < -0.3 is 10.2 Å². The Morgan fingerprint density at radius 1 is 1.05 bits per heavy atom. The van der Waals surface area contributed by atoms with Crippen molar-refractivity contribution in [2.24, 2.45) is 0 Å². The van der Waals surface area contributed by atoms with Crippen LogP contribution in [0.2, 0.25) is 0 Å². The van der Waals surface area contributed by atoms with E-state index < -0.39 is 11.9 Å². The van der Waals surface area contributed by atoms with E-state index in [1.54, 1.807) is 12.2 Å². The van der Waals surface area contributed by atoms with Crippen molar-refractivity contribution in [3.05, 3.63) is 65.3 Å². The third kappa shape index (κ3) is 5.04. The van der Waals surface area contributed by atoms with Crippen molar-refractivity contribution in [1.29, 1.82) is 0 Å². The zero-order chi connectivity index (χ0) is 14.3. The monoisotopic (exact) mass is 258 g/mol. The van der Waals surface area contributed by atoms with Crippen molar-refractivity contribution >= 4 is 18.0 Å². The van der Waals surface area contributed by atoms with E-state index in [4.69, 9.17) is 10.2 Å². The van der Waals surface area contributed by atoms with Crippen molar-refractivity contribution in [2.45, 2.75) is 6.92 Å². The van der Waals surface area contributed by atoms with Gasteiger partial charge >= 0.3 is 11.9 Å². The summed E-state index contributed by atoms with van der Waals surface area (Å²) in [6.07, 6.45) is 5.80. The van der Waals surface area contributed by atoms with Crippen molar-refractivity contribution in [2.75, 3.05) is 0 Å². The first-order valence-electron chi connectivity index (χ1n) is 5.59. The predicted molar refractivity (Wildman–Crippen MR) is 72.6 cm³/mol. The molecule has 0 saturated carbocycles. The molecule has 2 N–H and O–H groups in total. The molecule has 19 heavy (non-hydrogen) atoms. The average molecular weight is 258 g/mol. The molecule has 0 aromatic heterocycles. The lowest BCUT2D eigenvalue weighted by molar-refractivity contribution is -0.132. The normalized spacial score (nSPS) is 12.7. The summed E-state index contributed by atoms with van der Waals surface area (Å²) in [5, 5.41) is 17.7. The number of carbonyl (C=O) groups is 2. The van der Waals surface area contributed by atoms with Crippen LogP contribution in [0.1, 0.15) is 12.5 Å². The molecule has 0 spiro atoms. The minimum Gasteiger partial charge on any atom is -0.478 e. The first kappa shape index (κ1) is 14.4. The molecular weight excluding hydrogens is 244 g/mol. The van der Waals surface area contributed by atoms with Crippen LogP contribution in [0.3, 0.4) is 0 Å². The van der Waals surface area contributed by atoms with Gasteiger partial charge in [-0.05, 0) is 24.6 Å². The van der Waals surface area contributed by atoms with E-state index in [-0.39, 0.29) is 11.1 Å². The third-order valence-corrected chi connectivity index (χ3v) is 2.32. The minimum atomic E-state index is -1.17. The highest BCUT2D eigenvalue weighted by Crippen LogP contribution is 2.06. The summed E-state index contributed by atoms with van der Waals surface area (Å²) in [4.78, 5) is 21.6. The molecule has 0 aliphatic heterocycles. The summed E-state index contributed by atoms with van der Waals surface area (Å²) in [6, 6.07) is 9.38. The van der Waals surface area contributed by atoms with E-state index >= 15 is 0 Å². The summed E-state index contributed by atoms with van der Waals surface area (Å²) in [7, 11) is 0. The SMILES string of the molecule is CC(=CC(=CC=Cc1ccccc1)C(=O)O)C(=O)O. The second-order valence-electron chi connectivity index (χ2n) is 3.83. The largest absolute Gasteiger partial charge is 0.478 e. The molecule has 4 heteroatoms. The van der Waals surface area contributed by atoms with Gasteiger partial charge in [0.05, 0.1) is 5.57 Å². The Balaban J connectivity index is 2.92. The number of hydrogen-bond acceptors (Lipinski definition) is 2. The molecule has 1 rings (SSSR count). The van der Waals surface area contributed by atoms with Crippen LogP contribution in [0.25, 0.3) is 6.08 Å². The van der Waals surface area contributed by atoms with Crippen LogP contribution in [0.5, 0.6) is 0 Å². The molecule has 98 valence electrons. The Morgan fingerprint density at radius 2 is 1.68 bits per heavy atom. The summed E-state index contributed by atoms with van der Waals surface area (Å²) in [5.74, 6) is -2.31. The zero-order valence-electron chi connectivity index (χ0n) is 10.4. The fourth-order valence-electron chi connectivity index (χ4n) is 1.30. The van der Waals surface area contributed by atoms with E-state index in [1.165, 1.54) is 13.0 Å². The predicted octanol–water partition coefficient (Wildman–Crippen LogP) is 2.74. The van der Waals surface area contributed by atoms with E-state index in [9.17, 15) is 9.59 Å². The van der Waals surface area contributed by atoms with Gasteiger partial charge in [0.15, 0.2) is 0 Å². The highest BCUT2D eigenvalue weighted by Gasteiger charge is 2.06. The van der Waals surface area contributed by atoms with Gasteiger partial charge in [-0.1, -0.05) is 42.5 Å². The molecule has 0 saturated heterocycles. The fourth-order valence-corrected chi connectivity index (χ4v) is 1.30. The van der Waals surface area contributed by atoms with Gasteiger partial charge in [0.25, 0.3) is 0 Å². The van der Waals surface area contributed by atoms with Crippen LogP contribution in [-0.2, 0) is 9.59 Å². The van der Waals surface area contributed by atoms with Crippen molar-refractivity contribution in [3.8, 4) is 0 Å². The first-order valence-corrected chi connectivity index (χ1v) is 5.59. The van der Waals surface area contributed by atoms with Crippen LogP contribution in [0.15, 0.2) is 59.7 Å². The van der Waals surface area contributed by atoms with Gasteiger partial charge in [-0.3, -0.25) is 0 Å². The molecule has 0 amide bonds. The highest BCUT2D eigenvalue weighted by atomic mass is 16.4. The summed E-state index contributed by atoms with van der Waals surface area (Å²) < 4.78 is 0. The highest BCUT2D eigenvalue weighted by molar-refractivity contribution is 5.94. The molecule has 0 heterocycles. The Hall–Kier alpha value is -2.62. The summed E-state index contributed by atoms with van der Waals surface area (Å²) in [5.41, 5.74) is 0.830. The van der Waals surface area contributed by atoms with Gasteiger partial charge in [-0.2, -0.15) is 0 Å². The number of allylic oxidation sites excluding steroid dienone is 2. The molecule has 0 unspecified atom stereocenters. The van der Waals surface area contributed by atoms with Gasteiger partial charge in [0.1, 0.15) is 0 Å². The van der Waals surface area contributed by atoms with Crippen LogP contribution in [0, 0.1) is 0 Å². The Labute approximate surface area is 111 Å². The third-order valence-electron chi connectivity index (χ3n) is 2.32. The van der Waals surface area contributed by atoms with Crippen molar-refractivity contribution in [3.63, 3.8) is 0 Å². The molecule has 0 atom stereocenters. The van der Waals surface area contributed by atoms with Gasteiger partial charge in [0.2, 0.25) is 0 Å². The van der Waals surface area contributed by atoms with E-state index in [1.807, 2.05) is 30.3 Å². The number of carboxylic acid groups (broad SMARTS) is 2. The molecule has 0 fully saturated rings. The Bertz CT molecular complexity index is 551. The maximum atomic E-state index is 11.0. The number of rotatable bonds is 5. The summed E-state index contributed by atoms with van der Waals surface area (Å²) in [6.45, 7) is 1.35. The van der Waals surface area contributed by atoms with Gasteiger partial charge in [-0.15, -0.1) is 0 Å². The van der Waals surface area contributed by atoms with Crippen LogP contribution < -0.4 is 0 Å². The number of carboxylic acids is 2. The van der Waals surface area contributed by atoms with E-state index in [0.717, 1.165) is 11.6 Å². The number of hydrogen-bond donors (Lipinski definition) is 2. The maximum Gasteiger partial charge on any atom is 0.335 e. The molecule has 0 radical (unpaired) electrons. The van der Waals surface area contributed by atoms with Gasteiger partial charge in [0, 0.05) is 5.57 Å². The zero-order valence-corrected chi connectivity index (χ0v) is 10.4. The van der Waals surface area contributed by atoms with Crippen molar-refractivity contribution < 1.29 is 19.8 Å². The lowest BCUT2D eigenvalue weighted by Gasteiger charge is -1.96. The molecular formula is C15H14O4. The first-order chi connectivity index (χ1) is 9.00. The van der Waals surface area contributed by atoms with E-state index in [0.29, 0.717) is 0 Å². The molecule has 1 aromatic rings. The smallest absolute Gasteiger partial charge is 0.335 e. The molecule has 0 aliphatic rings. The molecule has 0 bridgehead atoms. The standard InChI is InChI=1S/C15H14O4/c1-11(14(16)17)10-13(15(18)19)9-5-8-12-6-3-2-4-7-12/h2-10H,1H3,(H,16,17)(H,18,19). The van der Waals surface area contributed by atoms with Crippen molar-refractivity contribution in [1.82, 2.24) is 0 Å². The van der Waals surface area contributed by atoms with Crippen LogP contribution >= 0.6 is 0 Å². The number of benzene rings is 1. The van der Waals surface area contributed by atoms with Crippen LogP contribution in [0.4, 0.5) is 0 Å². The Kier molecular flexibility index (Phi) is 5.29. The second-order valence-corrected chi connectivity index (χ2v) is 3.83. The maximum absolute atomic E-state index is 11.0. The second kappa shape index (κ2) is 6.96.